The molecule has 0 aromatic heterocycles. The first-order valence-corrected chi connectivity index (χ1v) is 7.32. The van der Waals surface area contributed by atoms with E-state index in [2.05, 4.69) is 5.32 Å². The molecule has 5 heteroatoms. The van der Waals surface area contributed by atoms with Crippen LogP contribution < -0.4 is 14.8 Å². The second kappa shape index (κ2) is 7.31. The minimum Gasteiger partial charge on any atom is -0.493 e. The van der Waals surface area contributed by atoms with Gasteiger partial charge in [-0.1, -0.05) is 18.9 Å². The van der Waals surface area contributed by atoms with Gasteiger partial charge in [-0.15, -0.1) is 0 Å². The summed E-state index contributed by atoms with van der Waals surface area (Å²) in [4.78, 5) is 12.1. The van der Waals surface area contributed by atoms with Gasteiger partial charge in [0.2, 0.25) is 5.91 Å². The zero-order chi connectivity index (χ0) is 15.2. The van der Waals surface area contributed by atoms with Gasteiger partial charge in [0.25, 0.3) is 0 Å². The van der Waals surface area contributed by atoms with Gasteiger partial charge in [0, 0.05) is 0 Å². The summed E-state index contributed by atoms with van der Waals surface area (Å²) in [5.41, 5.74) is 0.857. The number of rotatable bonds is 5. The summed E-state index contributed by atoms with van der Waals surface area (Å²) in [6, 6.07) is 5.32. The van der Waals surface area contributed by atoms with E-state index in [9.17, 15) is 9.90 Å². The van der Waals surface area contributed by atoms with Crippen LogP contribution in [0.25, 0.3) is 0 Å². The number of carbonyl (C=O) groups is 1. The number of benzene rings is 1. The maximum Gasteiger partial charge on any atom is 0.224 e. The monoisotopic (exact) mass is 293 g/mol. The molecule has 0 radical (unpaired) electrons. The van der Waals surface area contributed by atoms with Crippen molar-refractivity contribution < 1.29 is 19.4 Å². The predicted molar refractivity (Wildman–Crippen MR) is 79.7 cm³/mol. The van der Waals surface area contributed by atoms with Gasteiger partial charge in [-0.2, -0.15) is 0 Å². The standard InChI is InChI=1S/C16H23NO4/c1-20-14-8-7-11(9-15(14)21-2)10-16(19)17-12-5-3-4-6-13(12)18/h7-9,12-13,18H,3-6,10H2,1-2H3,(H,17,19)/t12-,13-/m1/s1. The van der Waals surface area contributed by atoms with Crippen molar-refractivity contribution in [3.63, 3.8) is 0 Å². The first-order valence-electron chi connectivity index (χ1n) is 7.32. The third-order valence-electron chi connectivity index (χ3n) is 3.89. The van der Waals surface area contributed by atoms with Gasteiger partial charge in [-0.05, 0) is 30.5 Å². The van der Waals surface area contributed by atoms with Crippen LogP contribution >= 0.6 is 0 Å². The highest BCUT2D eigenvalue weighted by Gasteiger charge is 2.24. The van der Waals surface area contributed by atoms with Gasteiger partial charge in [-0.3, -0.25) is 4.79 Å². The molecule has 0 unspecified atom stereocenters. The van der Waals surface area contributed by atoms with Crippen molar-refractivity contribution in [2.45, 2.75) is 44.2 Å². The van der Waals surface area contributed by atoms with Crippen molar-refractivity contribution in [2.75, 3.05) is 14.2 Å². The summed E-state index contributed by atoms with van der Waals surface area (Å²) < 4.78 is 10.4. The molecule has 2 atom stereocenters. The molecular formula is C16H23NO4. The highest BCUT2D eigenvalue weighted by molar-refractivity contribution is 5.79. The lowest BCUT2D eigenvalue weighted by atomic mass is 9.92. The molecule has 0 saturated heterocycles. The highest BCUT2D eigenvalue weighted by Crippen LogP contribution is 2.27. The van der Waals surface area contributed by atoms with Crippen molar-refractivity contribution >= 4 is 5.91 Å². The molecule has 1 aromatic carbocycles. The second-order valence-electron chi connectivity index (χ2n) is 5.39. The number of carbonyl (C=O) groups excluding carboxylic acids is 1. The van der Waals surface area contributed by atoms with Gasteiger partial charge in [0.1, 0.15) is 0 Å². The van der Waals surface area contributed by atoms with Gasteiger partial charge in [0.05, 0.1) is 32.8 Å². The fourth-order valence-electron chi connectivity index (χ4n) is 2.71. The molecule has 0 bridgehead atoms. The van der Waals surface area contributed by atoms with Crippen molar-refractivity contribution in [3.8, 4) is 11.5 Å². The van der Waals surface area contributed by atoms with Crippen LogP contribution in [0.4, 0.5) is 0 Å². The maximum absolute atomic E-state index is 12.1. The quantitative estimate of drug-likeness (QED) is 0.866. The summed E-state index contributed by atoms with van der Waals surface area (Å²) >= 11 is 0. The predicted octanol–water partition coefficient (Wildman–Crippen LogP) is 1.67. The van der Waals surface area contributed by atoms with Gasteiger partial charge in [0.15, 0.2) is 11.5 Å². The van der Waals surface area contributed by atoms with Crippen LogP contribution in [0.15, 0.2) is 18.2 Å². The largest absolute Gasteiger partial charge is 0.493 e. The lowest BCUT2D eigenvalue weighted by Gasteiger charge is -2.28. The van der Waals surface area contributed by atoms with Gasteiger partial charge >= 0.3 is 0 Å². The number of amides is 1. The topological polar surface area (TPSA) is 67.8 Å². The van der Waals surface area contributed by atoms with Crippen LogP contribution in [-0.4, -0.2) is 37.4 Å². The lowest BCUT2D eigenvalue weighted by molar-refractivity contribution is -0.122. The third kappa shape index (κ3) is 4.11. The van der Waals surface area contributed by atoms with E-state index in [1.807, 2.05) is 6.07 Å². The highest BCUT2D eigenvalue weighted by atomic mass is 16.5. The summed E-state index contributed by atoms with van der Waals surface area (Å²) in [5, 5.41) is 12.8. The molecule has 21 heavy (non-hydrogen) atoms. The van der Waals surface area contributed by atoms with Crippen LogP contribution in [-0.2, 0) is 11.2 Å². The Morgan fingerprint density at radius 3 is 2.62 bits per heavy atom. The van der Waals surface area contributed by atoms with E-state index < -0.39 is 6.10 Å². The van der Waals surface area contributed by atoms with E-state index in [1.54, 1.807) is 26.4 Å². The van der Waals surface area contributed by atoms with E-state index in [0.29, 0.717) is 11.5 Å². The molecule has 0 heterocycles. The fraction of sp³-hybridized carbons (Fsp3) is 0.562. The molecule has 0 aliphatic heterocycles. The average Bonchev–Trinajstić information content (AvgIpc) is 2.49. The van der Waals surface area contributed by atoms with Crippen LogP contribution in [0.1, 0.15) is 31.2 Å². The number of hydrogen-bond acceptors (Lipinski definition) is 4. The Balaban J connectivity index is 1.96. The Morgan fingerprint density at radius 2 is 1.95 bits per heavy atom. The third-order valence-corrected chi connectivity index (χ3v) is 3.89. The number of aliphatic hydroxyl groups is 1. The van der Waals surface area contributed by atoms with Crippen LogP contribution in [0.5, 0.6) is 11.5 Å². The minimum absolute atomic E-state index is 0.0758. The number of ether oxygens (including phenoxy) is 2. The zero-order valence-corrected chi connectivity index (χ0v) is 12.6. The molecule has 1 fully saturated rings. The smallest absolute Gasteiger partial charge is 0.224 e. The van der Waals surface area contributed by atoms with E-state index in [4.69, 9.17) is 9.47 Å². The Bertz CT molecular complexity index is 489. The SMILES string of the molecule is COc1ccc(CC(=O)N[C@@H]2CCCC[C@H]2O)cc1OC. The zero-order valence-electron chi connectivity index (χ0n) is 12.6. The van der Waals surface area contributed by atoms with Crippen molar-refractivity contribution in [3.05, 3.63) is 23.8 Å². The molecule has 1 aromatic rings. The molecule has 1 aliphatic rings. The van der Waals surface area contributed by atoms with Crippen molar-refractivity contribution in [1.82, 2.24) is 5.32 Å². The summed E-state index contributed by atoms with van der Waals surface area (Å²) in [6.45, 7) is 0. The van der Waals surface area contributed by atoms with E-state index in [-0.39, 0.29) is 18.4 Å². The average molecular weight is 293 g/mol. The molecule has 116 valence electrons. The van der Waals surface area contributed by atoms with Crippen LogP contribution in [0, 0.1) is 0 Å². The molecule has 1 amide bonds. The van der Waals surface area contributed by atoms with Crippen LogP contribution in [0.2, 0.25) is 0 Å². The first-order chi connectivity index (χ1) is 10.1. The molecular weight excluding hydrogens is 270 g/mol. The molecule has 5 nitrogen and oxygen atoms in total. The Hall–Kier alpha value is -1.75. The molecule has 2 rings (SSSR count). The summed E-state index contributed by atoms with van der Waals surface area (Å²) in [5.74, 6) is 1.18. The van der Waals surface area contributed by atoms with Crippen molar-refractivity contribution in [2.24, 2.45) is 0 Å². The molecule has 1 saturated carbocycles. The Morgan fingerprint density at radius 1 is 1.24 bits per heavy atom. The minimum atomic E-state index is -0.423. The second-order valence-corrected chi connectivity index (χ2v) is 5.39. The van der Waals surface area contributed by atoms with Gasteiger partial charge in [-0.25, -0.2) is 0 Å². The maximum atomic E-state index is 12.1. The van der Waals surface area contributed by atoms with Crippen LogP contribution in [0.3, 0.4) is 0 Å². The molecule has 2 N–H and O–H groups in total. The van der Waals surface area contributed by atoms with Crippen molar-refractivity contribution in [1.29, 1.82) is 0 Å². The number of aliphatic hydroxyl groups excluding tert-OH is 1. The van der Waals surface area contributed by atoms with E-state index in [0.717, 1.165) is 31.2 Å². The number of methoxy groups -OCH3 is 2. The molecule has 1 aliphatic carbocycles. The Labute approximate surface area is 125 Å². The fourth-order valence-corrected chi connectivity index (χ4v) is 2.71. The normalized spacial score (nSPS) is 21.7. The lowest BCUT2D eigenvalue weighted by Crippen LogP contribution is -2.45. The Kier molecular flexibility index (Phi) is 5.44. The number of hydrogen-bond donors (Lipinski definition) is 2. The van der Waals surface area contributed by atoms with Gasteiger partial charge < -0.3 is 19.9 Å². The first kappa shape index (κ1) is 15.6. The summed E-state index contributed by atoms with van der Waals surface area (Å²) in [6.07, 6.45) is 3.54. The number of nitrogens with one attached hydrogen (secondary N) is 1. The van der Waals surface area contributed by atoms with E-state index in [1.165, 1.54) is 0 Å². The summed E-state index contributed by atoms with van der Waals surface area (Å²) in [7, 11) is 3.15. The van der Waals surface area contributed by atoms with E-state index >= 15 is 0 Å². The molecule has 0 spiro atoms.